The molecule has 1 aromatic rings. The van der Waals surface area contributed by atoms with E-state index in [4.69, 9.17) is 0 Å². The number of nitrogens with zero attached hydrogens (tertiary/aromatic N) is 2. The molecule has 15 heavy (non-hydrogen) atoms. The first kappa shape index (κ1) is 10.4. The minimum absolute atomic E-state index is 0.692. The van der Waals surface area contributed by atoms with Crippen LogP contribution in [0.2, 0.25) is 0 Å². The number of rotatable bonds is 4. The Labute approximate surface area is 91.2 Å². The summed E-state index contributed by atoms with van der Waals surface area (Å²) >= 11 is 0. The van der Waals surface area contributed by atoms with Crippen molar-refractivity contribution in [1.29, 1.82) is 0 Å². The fourth-order valence-corrected chi connectivity index (χ4v) is 2.27. The molecular formula is C12H19N3. The van der Waals surface area contributed by atoms with Crippen LogP contribution in [0.1, 0.15) is 31.7 Å². The molecule has 2 rings (SSSR count). The van der Waals surface area contributed by atoms with Crippen molar-refractivity contribution in [3.63, 3.8) is 0 Å². The lowest BCUT2D eigenvalue weighted by atomic mass is 10.1. The lowest BCUT2D eigenvalue weighted by Gasteiger charge is -2.16. The average molecular weight is 205 g/mol. The summed E-state index contributed by atoms with van der Waals surface area (Å²) in [5.74, 6) is 0.819. The van der Waals surface area contributed by atoms with Gasteiger partial charge in [0, 0.05) is 30.5 Å². The monoisotopic (exact) mass is 205 g/mol. The van der Waals surface area contributed by atoms with Gasteiger partial charge in [0.25, 0.3) is 0 Å². The van der Waals surface area contributed by atoms with Gasteiger partial charge in [-0.1, -0.05) is 19.9 Å². The van der Waals surface area contributed by atoms with Crippen molar-refractivity contribution in [2.75, 3.05) is 0 Å². The van der Waals surface area contributed by atoms with Crippen molar-refractivity contribution >= 4 is 6.20 Å². The van der Waals surface area contributed by atoms with Gasteiger partial charge in [0.2, 0.25) is 0 Å². The highest BCUT2D eigenvalue weighted by atomic mass is 15.2. The first-order valence-corrected chi connectivity index (χ1v) is 5.68. The smallest absolute Gasteiger partial charge is 0.0538 e. The Balaban J connectivity index is 1.84. The molecule has 0 aliphatic heterocycles. The van der Waals surface area contributed by atoms with Gasteiger partial charge in [0.1, 0.15) is 0 Å². The Morgan fingerprint density at radius 1 is 1.67 bits per heavy atom. The molecular weight excluding hydrogens is 186 g/mol. The Bertz CT molecular complexity index is 329. The lowest BCUT2D eigenvalue weighted by molar-refractivity contribution is 0.426. The molecule has 1 aliphatic carbocycles. The molecule has 1 aliphatic rings. The molecule has 3 nitrogen and oxygen atoms in total. The molecule has 0 bridgehead atoms. The van der Waals surface area contributed by atoms with Crippen LogP contribution in [-0.4, -0.2) is 15.8 Å². The van der Waals surface area contributed by atoms with Crippen LogP contribution in [0, 0.1) is 5.92 Å². The third-order valence-electron chi connectivity index (χ3n) is 3.27. The summed E-state index contributed by atoms with van der Waals surface area (Å²) < 4.78 is 1.75. The van der Waals surface area contributed by atoms with Gasteiger partial charge in [0.05, 0.1) is 6.20 Å². The van der Waals surface area contributed by atoms with Crippen LogP contribution in [0.3, 0.4) is 0 Å². The van der Waals surface area contributed by atoms with Gasteiger partial charge in [-0.05, 0) is 18.8 Å². The van der Waals surface area contributed by atoms with Gasteiger partial charge >= 0.3 is 0 Å². The number of aromatic nitrogens is 2. The highest BCUT2D eigenvalue weighted by Crippen LogP contribution is 2.24. The summed E-state index contributed by atoms with van der Waals surface area (Å²) in [6.45, 7) is 6.92. The van der Waals surface area contributed by atoms with Crippen LogP contribution in [0.4, 0.5) is 0 Å². The summed E-state index contributed by atoms with van der Waals surface area (Å²) in [5.41, 5.74) is 1.23. The Kier molecular flexibility index (Phi) is 3.21. The fraction of sp³-hybridized carbons (Fsp3) is 0.583. The van der Waals surface area contributed by atoms with E-state index >= 15 is 0 Å². The molecule has 2 atom stereocenters. The zero-order valence-corrected chi connectivity index (χ0v) is 9.32. The largest absolute Gasteiger partial charge is 0.310 e. The molecule has 1 fully saturated rings. The summed E-state index contributed by atoms with van der Waals surface area (Å²) in [5, 5.41) is 7.75. The predicted molar refractivity (Wildman–Crippen MR) is 62.3 cm³/mol. The molecule has 0 amide bonds. The maximum absolute atomic E-state index is 4.16. The van der Waals surface area contributed by atoms with Crippen molar-refractivity contribution in [3.8, 4) is 0 Å². The molecule has 1 saturated carbocycles. The normalized spacial score (nSPS) is 25.7. The van der Waals surface area contributed by atoms with Crippen LogP contribution in [0.15, 0.2) is 19.0 Å². The Hall–Kier alpha value is -1.09. The lowest BCUT2D eigenvalue weighted by Crippen LogP contribution is -2.30. The van der Waals surface area contributed by atoms with Gasteiger partial charge in [0.15, 0.2) is 0 Å². The van der Waals surface area contributed by atoms with E-state index in [1.165, 1.54) is 24.8 Å². The minimum atomic E-state index is 0.692. The van der Waals surface area contributed by atoms with Gasteiger partial charge in [-0.3, -0.25) is 0 Å². The van der Waals surface area contributed by atoms with Crippen LogP contribution in [0.5, 0.6) is 0 Å². The number of hydrogen-bond donors (Lipinski definition) is 1. The van der Waals surface area contributed by atoms with Crippen LogP contribution in [-0.2, 0) is 6.54 Å². The maximum atomic E-state index is 4.16. The second-order valence-corrected chi connectivity index (χ2v) is 4.41. The van der Waals surface area contributed by atoms with E-state index in [1.807, 2.05) is 12.4 Å². The van der Waals surface area contributed by atoms with Crippen molar-refractivity contribution in [2.45, 2.75) is 38.8 Å². The zero-order chi connectivity index (χ0) is 10.7. The molecule has 0 saturated heterocycles. The molecule has 0 aromatic carbocycles. The number of hydrogen-bond acceptors (Lipinski definition) is 2. The van der Waals surface area contributed by atoms with Crippen LogP contribution < -0.4 is 5.32 Å². The molecule has 1 heterocycles. The molecule has 0 spiro atoms. The predicted octanol–water partition coefficient (Wildman–Crippen LogP) is 2.26. The number of nitrogens with one attached hydrogen (secondary N) is 1. The maximum Gasteiger partial charge on any atom is 0.0538 e. The van der Waals surface area contributed by atoms with Gasteiger partial charge in [-0.2, -0.15) is 5.10 Å². The minimum Gasteiger partial charge on any atom is -0.310 e. The molecule has 1 N–H and O–H groups in total. The van der Waals surface area contributed by atoms with E-state index in [1.54, 1.807) is 10.9 Å². The Morgan fingerprint density at radius 2 is 2.53 bits per heavy atom. The highest BCUT2D eigenvalue weighted by Gasteiger charge is 2.22. The highest BCUT2D eigenvalue weighted by molar-refractivity contribution is 5.17. The van der Waals surface area contributed by atoms with E-state index in [0.29, 0.717) is 6.04 Å². The van der Waals surface area contributed by atoms with Gasteiger partial charge < -0.3 is 5.32 Å². The van der Waals surface area contributed by atoms with Crippen LogP contribution in [0.25, 0.3) is 6.20 Å². The molecule has 2 unspecified atom stereocenters. The average Bonchev–Trinajstić information content (AvgIpc) is 2.84. The first-order chi connectivity index (χ1) is 7.29. The summed E-state index contributed by atoms with van der Waals surface area (Å²) in [6.07, 6.45) is 9.67. The van der Waals surface area contributed by atoms with Crippen molar-refractivity contribution in [1.82, 2.24) is 15.1 Å². The SMILES string of the molecule is C=Cn1cc(CNC2CCCC2C)cn1. The summed E-state index contributed by atoms with van der Waals surface area (Å²) in [4.78, 5) is 0. The van der Waals surface area contributed by atoms with Crippen LogP contribution >= 0.6 is 0 Å². The molecule has 0 radical (unpaired) electrons. The topological polar surface area (TPSA) is 29.9 Å². The summed E-state index contributed by atoms with van der Waals surface area (Å²) in [7, 11) is 0. The van der Waals surface area contributed by atoms with Gasteiger partial charge in [-0.15, -0.1) is 0 Å². The van der Waals surface area contributed by atoms with Crippen molar-refractivity contribution in [3.05, 3.63) is 24.5 Å². The van der Waals surface area contributed by atoms with E-state index in [2.05, 4.69) is 23.9 Å². The fourth-order valence-electron chi connectivity index (χ4n) is 2.27. The second kappa shape index (κ2) is 4.62. The van der Waals surface area contributed by atoms with Crippen molar-refractivity contribution in [2.24, 2.45) is 5.92 Å². The van der Waals surface area contributed by atoms with Gasteiger partial charge in [-0.25, -0.2) is 4.68 Å². The molecule has 3 heteroatoms. The van der Waals surface area contributed by atoms with E-state index in [0.717, 1.165) is 12.5 Å². The van der Waals surface area contributed by atoms with E-state index in [-0.39, 0.29) is 0 Å². The molecule has 1 aromatic heterocycles. The van der Waals surface area contributed by atoms with E-state index < -0.39 is 0 Å². The third-order valence-corrected chi connectivity index (χ3v) is 3.27. The zero-order valence-electron chi connectivity index (χ0n) is 9.32. The first-order valence-electron chi connectivity index (χ1n) is 5.68. The van der Waals surface area contributed by atoms with Crippen molar-refractivity contribution < 1.29 is 0 Å². The standard InChI is InChI=1S/C12H19N3/c1-3-15-9-11(8-14-15)7-13-12-6-4-5-10(12)2/h3,8-10,12-13H,1,4-7H2,2H3. The van der Waals surface area contributed by atoms with E-state index in [9.17, 15) is 0 Å². The quantitative estimate of drug-likeness (QED) is 0.817. The molecule has 82 valence electrons. The second-order valence-electron chi connectivity index (χ2n) is 4.41. The third kappa shape index (κ3) is 2.48. The Morgan fingerprint density at radius 3 is 3.13 bits per heavy atom. The summed E-state index contributed by atoms with van der Waals surface area (Å²) in [6, 6.07) is 0.692.